The Labute approximate surface area is 176 Å². The van der Waals surface area contributed by atoms with Gasteiger partial charge in [0, 0.05) is 18.7 Å². The molecule has 1 aliphatic rings. The van der Waals surface area contributed by atoms with Crippen molar-refractivity contribution in [2.75, 3.05) is 13.1 Å². The minimum atomic E-state index is -1.05. The number of hydrogen-bond acceptors (Lipinski definition) is 5. The summed E-state index contributed by atoms with van der Waals surface area (Å²) in [6.07, 6.45) is -0.188. The van der Waals surface area contributed by atoms with E-state index in [0.717, 1.165) is 0 Å². The SMILES string of the molecule is CC(C)[C@](C)(C#N)NC(=O)[C@H](C)OC(=O)C1CCN(C(=O)c2ccc(F)cc2)CC1. The molecule has 1 saturated heterocycles. The van der Waals surface area contributed by atoms with E-state index in [2.05, 4.69) is 11.4 Å². The van der Waals surface area contributed by atoms with Crippen molar-refractivity contribution in [3.05, 3.63) is 35.6 Å². The van der Waals surface area contributed by atoms with Crippen molar-refractivity contribution in [3.8, 4) is 6.07 Å². The summed E-state index contributed by atoms with van der Waals surface area (Å²) in [7, 11) is 0. The number of piperidine rings is 1. The van der Waals surface area contributed by atoms with Gasteiger partial charge in [-0.25, -0.2) is 4.39 Å². The zero-order valence-electron chi connectivity index (χ0n) is 17.8. The fourth-order valence-corrected chi connectivity index (χ4v) is 3.08. The number of nitrogens with zero attached hydrogens (tertiary/aromatic N) is 2. The first-order chi connectivity index (χ1) is 14.1. The normalized spacial score (nSPS) is 17.6. The first-order valence-corrected chi connectivity index (χ1v) is 10.1. The topological polar surface area (TPSA) is 99.5 Å². The number of nitriles is 1. The average molecular weight is 417 g/mol. The van der Waals surface area contributed by atoms with Crippen molar-refractivity contribution < 1.29 is 23.5 Å². The molecule has 30 heavy (non-hydrogen) atoms. The van der Waals surface area contributed by atoms with Crippen LogP contribution in [0.2, 0.25) is 0 Å². The molecule has 1 aromatic carbocycles. The fourth-order valence-electron chi connectivity index (χ4n) is 3.08. The number of esters is 1. The highest BCUT2D eigenvalue weighted by Crippen LogP contribution is 2.22. The molecular formula is C22H28FN3O4. The molecule has 1 aromatic rings. The number of halogens is 1. The van der Waals surface area contributed by atoms with Gasteiger partial charge in [-0.1, -0.05) is 13.8 Å². The smallest absolute Gasteiger partial charge is 0.309 e. The van der Waals surface area contributed by atoms with Crippen molar-refractivity contribution in [1.82, 2.24) is 10.2 Å². The largest absolute Gasteiger partial charge is 0.452 e. The molecule has 0 bridgehead atoms. The third kappa shape index (κ3) is 5.56. The molecular weight excluding hydrogens is 389 g/mol. The van der Waals surface area contributed by atoms with Crippen LogP contribution in [0.4, 0.5) is 4.39 Å². The molecule has 1 fully saturated rings. The summed E-state index contributed by atoms with van der Waals surface area (Å²) in [5.41, 5.74) is -0.655. The lowest BCUT2D eigenvalue weighted by Crippen LogP contribution is -2.52. The van der Waals surface area contributed by atoms with E-state index in [1.54, 1.807) is 11.8 Å². The Bertz CT molecular complexity index is 826. The van der Waals surface area contributed by atoms with Gasteiger partial charge in [0.15, 0.2) is 6.10 Å². The maximum Gasteiger partial charge on any atom is 0.309 e. The lowest BCUT2D eigenvalue weighted by Gasteiger charge is -2.32. The van der Waals surface area contributed by atoms with Gasteiger partial charge < -0.3 is 15.0 Å². The van der Waals surface area contributed by atoms with E-state index in [1.165, 1.54) is 31.2 Å². The second kappa shape index (κ2) is 9.70. The number of carbonyl (C=O) groups excluding carboxylic acids is 3. The quantitative estimate of drug-likeness (QED) is 0.718. The summed E-state index contributed by atoms with van der Waals surface area (Å²) >= 11 is 0. The molecule has 2 amide bonds. The molecule has 2 atom stereocenters. The Morgan fingerprint density at radius 3 is 2.27 bits per heavy atom. The Hall–Kier alpha value is -2.95. The summed E-state index contributed by atoms with van der Waals surface area (Å²) in [4.78, 5) is 38.9. The van der Waals surface area contributed by atoms with Crippen molar-refractivity contribution in [2.45, 2.75) is 52.2 Å². The molecule has 162 valence electrons. The van der Waals surface area contributed by atoms with Gasteiger partial charge in [-0.3, -0.25) is 14.4 Å². The van der Waals surface area contributed by atoms with E-state index in [0.29, 0.717) is 31.5 Å². The van der Waals surface area contributed by atoms with Gasteiger partial charge in [0.2, 0.25) is 0 Å². The second-order valence-electron chi connectivity index (χ2n) is 8.11. The maximum absolute atomic E-state index is 13.0. The Morgan fingerprint density at radius 1 is 1.20 bits per heavy atom. The van der Waals surface area contributed by atoms with Gasteiger partial charge in [-0.2, -0.15) is 5.26 Å². The van der Waals surface area contributed by atoms with Crippen molar-refractivity contribution >= 4 is 17.8 Å². The molecule has 1 N–H and O–H groups in total. The molecule has 0 spiro atoms. The molecule has 0 radical (unpaired) electrons. The minimum absolute atomic E-state index is 0.114. The highest BCUT2D eigenvalue weighted by Gasteiger charge is 2.34. The molecule has 1 heterocycles. The molecule has 0 aromatic heterocycles. The van der Waals surface area contributed by atoms with Gasteiger partial charge in [0.1, 0.15) is 11.4 Å². The zero-order chi connectivity index (χ0) is 22.5. The lowest BCUT2D eigenvalue weighted by atomic mass is 9.90. The predicted octanol–water partition coefficient (Wildman–Crippen LogP) is 2.66. The van der Waals surface area contributed by atoms with E-state index < -0.39 is 35.3 Å². The molecule has 1 aliphatic heterocycles. The standard InChI is InChI=1S/C22H28FN3O4/c1-14(2)22(4,13-24)25-19(27)15(3)30-21(29)17-9-11-26(12-10-17)20(28)16-5-7-18(23)8-6-16/h5-8,14-15,17H,9-12H2,1-4H3,(H,25,27)/t15-,22-/m0/s1. The van der Waals surface area contributed by atoms with E-state index in [9.17, 15) is 24.0 Å². The first kappa shape index (κ1) is 23.3. The first-order valence-electron chi connectivity index (χ1n) is 10.1. The Morgan fingerprint density at radius 2 is 1.77 bits per heavy atom. The van der Waals surface area contributed by atoms with Gasteiger partial charge in [0.05, 0.1) is 12.0 Å². The summed E-state index contributed by atoms with van der Waals surface area (Å²) in [6.45, 7) is 7.48. The monoisotopic (exact) mass is 417 g/mol. The molecule has 0 aliphatic carbocycles. The Kier molecular flexibility index (Phi) is 7.54. The van der Waals surface area contributed by atoms with Crippen LogP contribution in [-0.4, -0.2) is 47.4 Å². The van der Waals surface area contributed by atoms with Gasteiger partial charge >= 0.3 is 5.97 Å². The molecule has 7 nitrogen and oxygen atoms in total. The summed E-state index contributed by atoms with van der Waals surface area (Å²) in [5, 5.41) is 12.0. The number of rotatable bonds is 6. The van der Waals surface area contributed by atoms with Crippen LogP contribution in [0.5, 0.6) is 0 Å². The van der Waals surface area contributed by atoms with Crippen LogP contribution >= 0.6 is 0 Å². The van der Waals surface area contributed by atoms with Crippen molar-refractivity contribution in [2.24, 2.45) is 11.8 Å². The van der Waals surface area contributed by atoms with E-state index in [4.69, 9.17) is 4.74 Å². The van der Waals surface area contributed by atoms with E-state index >= 15 is 0 Å². The van der Waals surface area contributed by atoms with Gasteiger partial charge in [-0.15, -0.1) is 0 Å². The number of benzene rings is 1. The molecule has 0 saturated carbocycles. The lowest BCUT2D eigenvalue weighted by molar-refractivity contribution is -0.160. The van der Waals surface area contributed by atoms with Gasteiger partial charge in [-0.05, 0) is 56.9 Å². The summed E-state index contributed by atoms with van der Waals surface area (Å²) < 4.78 is 18.3. The number of nitrogens with one attached hydrogen (secondary N) is 1. The predicted molar refractivity (Wildman–Crippen MR) is 108 cm³/mol. The van der Waals surface area contributed by atoms with Crippen molar-refractivity contribution in [3.63, 3.8) is 0 Å². The van der Waals surface area contributed by atoms with Crippen LogP contribution in [0.1, 0.15) is 50.9 Å². The van der Waals surface area contributed by atoms with Crippen LogP contribution in [0, 0.1) is 29.0 Å². The average Bonchev–Trinajstić information content (AvgIpc) is 2.73. The van der Waals surface area contributed by atoms with Crippen LogP contribution in [0.3, 0.4) is 0 Å². The number of likely N-dealkylation sites (tertiary alicyclic amines) is 1. The number of carbonyl (C=O) groups is 3. The summed E-state index contributed by atoms with van der Waals surface area (Å²) in [6, 6.07) is 7.42. The minimum Gasteiger partial charge on any atom is -0.452 e. The van der Waals surface area contributed by atoms with E-state index in [1.807, 2.05) is 13.8 Å². The maximum atomic E-state index is 13.0. The number of hydrogen-bond donors (Lipinski definition) is 1. The highest BCUT2D eigenvalue weighted by molar-refractivity contribution is 5.94. The third-order valence-corrected chi connectivity index (χ3v) is 5.64. The zero-order valence-corrected chi connectivity index (χ0v) is 17.8. The summed E-state index contributed by atoms with van der Waals surface area (Å²) in [5.74, 6) is -2.16. The van der Waals surface area contributed by atoms with Crippen LogP contribution < -0.4 is 5.32 Å². The van der Waals surface area contributed by atoms with Gasteiger partial charge in [0.25, 0.3) is 11.8 Å². The Balaban J connectivity index is 1.86. The van der Waals surface area contributed by atoms with Crippen LogP contribution in [-0.2, 0) is 14.3 Å². The highest BCUT2D eigenvalue weighted by atomic mass is 19.1. The second-order valence-corrected chi connectivity index (χ2v) is 8.11. The molecule has 8 heteroatoms. The van der Waals surface area contributed by atoms with Crippen LogP contribution in [0.25, 0.3) is 0 Å². The fraction of sp³-hybridized carbons (Fsp3) is 0.545. The van der Waals surface area contributed by atoms with Crippen molar-refractivity contribution in [1.29, 1.82) is 5.26 Å². The molecule has 0 unspecified atom stereocenters. The molecule has 2 rings (SSSR count). The van der Waals surface area contributed by atoms with E-state index in [-0.39, 0.29) is 11.8 Å². The number of amides is 2. The van der Waals surface area contributed by atoms with Crippen LogP contribution in [0.15, 0.2) is 24.3 Å². The number of ether oxygens (including phenoxy) is 1. The third-order valence-electron chi connectivity index (χ3n) is 5.64.